The number of carbonyl (C=O) groups is 1. The molecule has 0 aromatic heterocycles. The molecule has 0 radical (unpaired) electrons. The molecule has 0 saturated carbocycles. The molecule has 0 saturated heterocycles. The molecule has 1 aromatic carbocycles. The second-order valence-electron chi connectivity index (χ2n) is 4.73. The Labute approximate surface area is 115 Å². The molecule has 1 aromatic rings. The van der Waals surface area contributed by atoms with Gasteiger partial charge in [-0.15, -0.1) is 0 Å². The number of nitrogens with one attached hydrogen (secondary N) is 1. The fourth-order valence-corrected chi connectivity index (χ4v) is 1.74. The molecule has 0 spiro atoms. The highest BCUT2D eigenvalue weighted by atomic mass is 16.5. The van der Waals surface area contributed by atoms with Gasteiger partial charge < -0.3 is 15.8 Å². The van der Waals surface area contributed by atoms with Gasteiger partial charge in [0.2, 0.25) is 0 Å². The maximum Gasteiger partial charge on any atom is 0.260 e. The molecule has 0 aliphatic rings. The van der Waals surface area contributed by atoms with Crippen LogP contribution in [0.1, 0.15) is 45.2 Å². The highest BCUT2D eigenvalue weighted by molar-refractivity contribution is 5.80. The summed E-state index contributed by atoms with van der Waals surface area (Å²) in [6, 6.07) is 7.43. The molecule has 1 rings (SSSR count). The summed E-state index contributed by atoms with van der Waals surface area (Å²) in [5.74, 6) is 0.587. The Morgan fingerprint density at radius 2 is 2.05 bits per heavy atom. The Morgan fingerprint density at radius 3 is 2.68 bits per heavy atom. The van der Waals surface area contributed by atoms with Gasteiger partial charge in [0, 0.05) is 18.2 Å². The summed E-state index contributed by atoms with van der Waals surface area (Å²) < 4.78 is 5.71. The van der Waals surface area contributed by atoms with Gasteiger partial charge in [-0.3, -0.25) is 4.79 Å². The number of benzene rings is 1. The Kier molecular flexibility index (Phi) is 6.36. The fraction of sp³-hybridized carbons (Fsp3) is 0.533. The van der Waals surface area contributed by atoms with Crippen LogP contribution in [0.4, 0.5) is 0 Å². The van der Waals surface area contributed by atoms with Crippen molar-refractivity contribution in [3.05, 3.63) is 29.8 Å². The summed E-state index contributed by atoms with van der Waals surface area (Å²) in [5, 5.41) is 2.86. The molecule has 0 aliphatic heterocycles. The topological polar surface area (TPSA) is 64.3 Å². The van der Waals surface area contributed by atoms with E-state index in [0.29, 0.717) is 12.3 Å². The fourth-order valence-electron chi connectivity index (χ4n) is 1.74. The van der Waals surface area contributed by atoms with Crippen molar-refractivity contribution in [2.45, 2.75) is 45.8 Å². The zero-order chi connectivity index (χ0) is 14.3. The second kappa shape index (κ2) is 7.79. The molecule has 0 heterocycles. The molecule has 2 atom stereocenters. The molecule has 0 fully saturated rings. The molecule has 19 heavy (non-hydrogen) atoms. The largest absolute Gasteiger partial charge is 0.481 e. The summed E-state index contributed by atoms with van der Waals surface area (Å²) in [5.41, 5.74) is 6.80. The van der Waals surface area contributed by atoms with E-state index >= 15 is 0 Å². The van der Waals surface area contributed by atoms with Gasteiger partial charge in [-0.1, -0.05) is 31.5 Å². The lowest BCUT2D eigenvalue weighted by molar-refractivity contribution is -0.127. The quantitative estimate of drug-likeness (QED) is 0.743. The Hall–Kier alpha value is -1.55. The molecule has 1 amide bonds. The van der Waals surface area contributed by atoms with Crippen LogP contribution in [0.2, 0.25) is 0 Å². The van der Waals surface area contributed by atoms with Crippen molar-refractivity contribution in [1.29, 1.82) is 0 Å². The number of ether oxygens (including phenoxy) is 1. The minimum Gasteiger partial charge on any atom is -0.481 e. The minimum atomic E-state index is -0.517. The Morgan fingerprint density at radius 1 is 1.37 bits per heavy atom. The summed E-state index contributed by atoms with van der Waals surface area (Å²) in [6.07, 6.45) is 1.52. The van der Waals surface area contributed by atoms with Gasteiger partial charge in [0.1, 0.15) is 5.75 Å². The van der Waals surface area contributed by atoms with E-state index < -0.39 is 6.10 Å². The van der Waals surface area contributed by atoms with Crippen molar-refractivity contribution < 1.29 is 9.53 Å². The smallest absolute Gasteiger partial charge is 0.260 e. The van der Waals surface area contributed by atoms with Crippen molar-refractivity contribution in [3.63, 3.8) is 0 Å². The van der Waals surface area contributed by atoms with E-state index in [-0.39, 0.29) is 11.9 Å². The number of amides is 1. The first kappa shape index (κ1) is 15.5. The number of hydrogen-bond acceptors (Lipinski definition) is 3. The third kappa shape index (κ3) is 4.91. The zero-order valence-electron chi connectivity index (χ0n) is 12.0. The summed E-state index contributed by atoms with van der Waals surface area (Å²) in [6.45, 7) is 6.43. The second-order valence-corrected chi connectivity index (χ2v) is 4.73. The number of rotatable bonds is 7. The van der Waals surface area contributed by atoms with E-state index in [1.807, 2.05) is 31.2 Å². The maximum absolute atomic E-state index is 11.8. The maximum atomic E-state index is 11.8. The summed E-state index contributed by atoms with van der Waals surface area (Å²) in [7, 11) is 0. The lowest BCUT2D eigenvalue weighted by Gasteiger charge is -2.18. The molecule has 1 unspecified atom stereocenters. The van der Waals surface area contributed by atoms with Crippen LogP contribution >= 0.6 is 0 Å². The van der Waals surface area contributed by atoms with Crippen LogP contribution in [-0.2, 0) is 4.79 Å². The third-order valence-electron chi connectivity index (χ3n) is 2.91. The number of unbranched alkanes of at least 4 members (excludes halogenated alkanes) is 1. The molecule has 0 aliphatic carbocycles. The van der Waals surface area contributed by atoms with E-state index in [1.165, 1.54) is 0 Å². The highest BCUT2D eigenvalue weighted by Gasteiger charge is 2.16. The zero-order valence-corrected chi connectivity index (χ0v) is 12.0. The average Bonchev–Trinajstić information content (AvgIpc) is 2.39. The van der Waals surface area contributed by atoms with E-state index in [9.17, 15) is 4.79 Å². The van der Waals surface area contributed by atoms with Gasteiger partial charge in [0.05, 0.1) is 0 Å². The first-order chi connectivity index (χ1) is 9.06. The summed E-state index contributed by atoms with van der Waals surface area (Å²) >= 11 is 0. The van der Waals surface area contributed by atoms with Crippen molar-refractivity contribution >= 4 is 5.91 Å². The SMILES string of the molecule is CCCCNC(=O)C(C)Oc1ccccc1[C@H](C)N. The Balaban J connectivity index is 2.61. The van der Waals surface area contributed by atoms with E-state index in [0.717, 1.165) is 18.4 Å². The molecular weight excluding hydrogens is 240 g/mol. The number of para-hydroxylation sites is 1. The van der Waals surface area contributed by atoms with Crippen LogP contribution in [0.15, 0.2) is 24.3 Å². The first-order valence-electron chi connectivity index (χ1n) is 6.85. The molecular formula is C15H24N2O2. The lowest BCUT2D eigenvalue weighted by Crippen LogP contribution is -2.37. The molecule has 4 nitrogen and oxygen atoms in total. The van der Waals surface area contributed by atoms with Crippen LogP contribution in [0, 0.1) is 0 Å². The van der Waals surface area contributed by atoms with Gasteiger partial charge in [-0.2, -0.15) is 0 Å². The van der Waals surface area contributed by atoms with Crippen molar-refractivity contribution in [1.82, 2.24) is 5.32 Å². The van der Waals surface area contributed by atoms with Crippen LogP contribution in [0.5, 0.6) is 5.75 Å². The van der Waals surface area contributed by atoms with Crippen molar-refractivity contribution in [2.75, 3.05) is 6.54 Å². The van der Waals surface area contributed by atoms with Crippen LogP contribution in [0.25, 0.3) is 0 Å². The Bertz CT molecular complexity index is 405. The molecule has 0 bridgehead atoms. The molecule has 3 N–H and O–H groups in total. The predicted octanol–water partition coefficient (Wildman–Crippen LogP) is 2.39. The standard InChI is InChI=1S/C15H24N2O2/c1-4-5-10-17-15(18)12(3)19-14-9-7-6-8-13(14)11(2)16/h6-9,11-12H,4-5,10,16H2,1-3H3,(H,17,18)/t11-,12?/m0/s1. The van der Waals surface area contributed by atoms with Gasteiger partial charge in [-0.25, -0.2) is 0 Å². The van der Waals surface area contributed by atoms with Gasteiger partial charge in [-0.05, 0) is 26.3 Å². The predicted molar refractivity (Wildman–Crippen MR) is 77.1 cm³/mol. The normalized spacial score (nSPS) is 13.7. The highest BCUT2D eigenvalue weighted by Crippen LogP contribution is 2.24. The van der Waals surface area contributed by atoms with Gasteiger partial charge >= 0.3 is 0 Å². The van der Waals surface area contributed by atoms with Crippen molar-refractivity contribution in [3.8, 4) is 5.75 Å². The van der Waals surface area contributed by atoms with Crippen LogP contribution in [-0.4, -0.2) is 18.6 Å². The third-order valence-corrected chi connectivity index (χ3v) is 2.91. The lowest BCUT2D eigenvalue weighted by atomic mass is 10.1. The molecule has 106 valence electrons. The number of hydrogen-bond donors (Lipinski definition) is 2. The van der Waals surface area contributed by atoms with Crippen LogP contribution in [0.3, 0.4) is 0 Å². The van der Waals surface area contributed by atoms with Crippen molar-refractivity contribution in [2.24, 2.45) is 5.73 Å². The van der Waals surface area contributed by atoms with E-state index in [2.05, 4.69) is 12.2 Å². The van der Waals surface area contributed by atoms with Crippen LogP contribution < -0.4 is 15.8 Å². The van der Waals surface area contributed by atoms with Gasteiger partial charge in [0.15, 0.2) is 6.10 Å². The van der Waals surface area contributed by atoms with Gasteiger partial charge in [0.25, 0.3) is 5.91 Å². The van der Waals surface area contributed by atoms with E-state index in [4.69, 9.17) is 10.5 Å². The monoisotopic (exact) mass is 264 g/mol. The number of nitrogens with two attached hydrogens (primary N) is 1. The van der Waals surface area contributed by atoms with E-state index in [1.54, 1.807) is 6.92 Å². The molecule has 4 heteroatoms. The minimum absolute atomic E-state index is 0.0899. The first-order valence-corrected chi connectivity index (χ1v) is 6.85. The average molecular weight is 264 g/mol. The number of carbonyl (C=O) groups excluding carboxylic acids is 1. The summed E-state index contributed by atoms with van der Waals surface area (Å²) in [4.78, 5) is 11.8.